The number of nitrogens with one attached hydrogen (secondary N) is 1. The van der Waals surface area contributed by atoms with Crippen LogP contribution in [0.4, 0.5) is 10.5 Å². The zero-order chi connectivity index (χ0) is 14.7. The molecule has 1 aliphatic rings. The Morgan fingerprint density at radius 1 is 1.50 bits per heavy atom. The minimum absolute atomic E-state index is 0.163. The molecule has 6 nitrogen and oxygen atoms in total. The fourth-order valence-corrected chi connectivity index (χ4v) is 2.39. The zero-order valence-corrected chi connectivity index (χ0v) is 11.4. The van der Waals surface area contributed by atoms with E-state index in [1.54, 1.807) is 24.0 Å². The smallest absolute Gasteiger partial charge is 0.335 e. The van der Waals surface area contributed by atoms with Gasteiger partial charge in [0.25, 0.3) is 0 Å². The van der Waals surface area contributed by atoms with Crippen molar-refractivity contribution in [3.63, 3.8) is 0 Å². The van der Waals surface area contributed by atoms with Gasteiger partial charge >= 0.3 is 12.0 Å². The number of likely N-dealkylation sites (tertiary alicyclic amines) is 1. The van der Waals surface area contributed by atoms with Crippen LogP contribution in [0.2, 0.25) is 0 Å². The Hall–Kier alpha value is -2.08. The van der Waals surface area contributed by atoms with Crippen LogP contribution in [0, 0.1) is 12.8 Å². The summed E-state index contributed by atoms with van der Waals surface area (Å²) in [5.41, 5.74) is 7.07. The maximum atomic E-state index is 12.1. The molecule has 2 rings (SSSR count). The number of nitrogens with zero attached hydrogens (tertiary/aromatic N) is 1. The van der Waals surface area contributed by atoms with Gasteiger partial charge in [0.05, 0.1) is 5.56 Å². The molecule has 0 bridgehead atoms. The van der Waals surface area contributed by atoms with E-state index in [0.717, 1.165) is 6.42 Å². The molecule has 4 N–H and O–H groups in total. The van der Waals surface area contributed by atoms with Crippen molar-refractivity contribution in [3.05, 3.63) is 29.3 Å². The van der Waals surface area contributed by atoms with E-state index >= 15 is 0 Å². The Bertz CT molecular complexity index is 530. The highest BCUT2D eigenvalue weighted by molar-refractivity contribution is 5.92. The number of aromatic carboxylic acids is 1. The summed E-state index contributed by atoms with van der Waals surface area (Å²) in [6.07, 6.45) is 0.931. The zero-order valence-electron chi connectivity index (χ0n) is 11.4. The van der Waals surface area contributed by atoms with Gasteiger partial charge in [-0.25, -0.2) is 9.59 Å². The quantitative estimate of drug-likeness (QED) is 0.780. The highest BCUT2D eigenvalue weighted by Crippen LogP contribution is 2.18. The molecule has 1 aromatic carbocycles. The number of nitrogens with two attached hydrogens (primary N) is 1. The van der Waals surface area contributed by atoms with Gasteiger partial charge in [0.1, 0.15) is 0 Å². The van der Waals surface area contributed by atoms with E-state index < -0.39 is 5.97 Å². The number of benzene rings is 1. The summed E-state index contributed by atoms with van der Waals surface area (Å²) in [5.74, 6) is -0.595. The SMILES string of the molecule is Cc1cc(NC(=O)N2CCC(CN)C2)ccc1C(=O)O. The standard InChI is InChI=1S/C14H19N3O3/c1-9-6-11(2-3-12(9)13(18)19)16-14(20)17-5-4-10(7-15)8-17/h2-3,6,10H,4-5,7-8,15H2,1H3,(H,16,20)(H,18,19). The Balaban J connectivity index is 2.02. The number of carboxylic acids is 1. The number of rotatable bonds is 3. The molecule has 1 saturated heterocycles. The molecule has 1 atom stereocenters. The third-order valence-electron chi connectivity index (χ3n) is 3.61. The summed E-state index contributed by atoms with van der Waals surface area (Å²) in [7, 11) is 0. The molecule has 2 amide bonds. The van der Waals surface area contributed by atoms with Gasteiger partial charge in [-0.05, 0) is 49.6 Å². The van der Waals surface area contributed by atoms with E-state index in [0.29, 0.717) is 36.8 Å². The van der Waals surface area contributed by atoms with Gasteiger partial charge in [0, 0.05) is 18.8 Å². The maximum Gasteiger partial charge on any atom is 0.335 e. The summed E-state index contributed by atoms with van der Waals surface area (Å²) < 4.78 is 0. The molecule has 6 heteroatoms. The summed E-state index contributed by atoms with van der Waals surface area (Å²) >= 11 is 0. The van der Waals surface area contributed by atoms with Crippen LogP contribution in [-0.2, 0) is 0 Å². The van der Waals surface area contributed by atoms with Crippen LogP contribution in [0.1, 0.15) is 22.3 Å². The maximum absolute atomic E-state index is 12.1. The highest BCUT2D eigenvalue weighted by Gasteiger charge is 2.25. The molecule has 0 aromatic heterocycles. The molecule has 1 heterocycles. The molecule has 0 aliphatic carbocycles. The predicted molar refractivity (Wildman–Crippen MR) is 75.9 cm³/mol. The monoisotopic (exact) mass is 277 g/mol. The van der Waals surface area contributed by atoms with E-state index in [1.165, 1.54) is 6.07 Å². The Kier molecular flexibility index (Phi) is 4.24. The third-order valence-corrected chi connectivity index (χ3v) is 3.61. The van der Waals surface area contributed by atoms with E-state index in [4.69, 9.17) is 10.8 Å². The van der Waals surface area contributed by atoms with Crippen molar-refractivity contribution in [2.24, 2.45) is 11.7 Å². The number of hydrogen-bond donors (Lipinski definition) is 3. The average Bonchev–Trinajstić information content (AvgIpc) is 2.87. The van der Waals surface area contributed by atoms with Crippen molar-refractivity contribution in [1.82, 2.24) is 4.90 Å². The molecule has 20 heavy (non-hydrogen) atoms. The van der Waals surface area contributed by atoms with Crippen molar-refractivity contribution >= 4 is 17.7 Å². The first-order valence-corrected chi connectivity index (χ1v) is 6.61. The molecular weight excluding hydrogens is 258 g/mol. The third kappa shape index (κ3) is 3.08. The lowest BCUT2D eigenvalue weighted by Crippen LogP contribution is -2.33. The summed E-state index contributed by atoms with van der Waals surface area (Å²) in [6, 6.07) is 4.60. The Morgan fingerprint density at radius 3 is 2.80 bits per heavy atom. The predicted octanol–water partition coefficient (Wildman–Crippen LogP) is 1.51. The summed E-state index contributed by atoms with van der Waals surface area (Å²) in [4.78, 5) is 24.7. The lowest BCUT2D eigenvalue weighted by molar-refractivity contribution is 0.0696. The van der Waals surface area contributed by atoms with Gasteiger partial charge in [-0.15, -0.1) is 0 Å². The minimum atomic E-state index is -0.967. The second-order valence-corrected chi connectivity index (χ2v) is 5.10. The van der Waals surface area contributed by atoms with Crippen molar-refractivity contribution in [2.75, 3.05) is 25.0 Å². The fourth-order valence-electron chi connectivity index (χ4n) is 2.39. The molecular formula is C14H19N3O3. The molecule has 1 aliphatic heterocycles. The summed E-state index contributed by atoms with van der Waals surface area (Å²) in [6.45, 7) is 3.68. The molecule has 1 aromatic rings. The Labute approximate surface area is 117 Å². The Morgan fingerprint density at radius 2 is 2.25 bits per heavy atom. The van der Waals surface area contributed by atoms with Crippen molar-refractivity contribution < 1.29 is 14.7 Å². The van der Waals surface area contributed by atoms with Crippen LogP contribution in [0.5, 0.6) is 0 Å². The lowest BCUT2D eigenvalue weighted by atomic mass is 10.1. The molecule has 0 spiro atoms. The first kappa shape index (κ1) is 14.3. The van der Waals surface area contributed by atoms with E-state index in [1.807, 2.05) is 0 Å². The molecule has 1 fully saturated rings. The van der Waals surface area contributed by atoms with Crippen molar-refractivity contribution in [2.45, 2.75) is 13.3 Å². The molecule has 0 radical (unpaired) electrons. The van der Waals surface area contributed by atoms with Gasteiger partial charge < -0.3 is 21.1 Å². The highest BCUT2D eigenvalue weighted by atomic mass is 16.4. The number of carboxylic acid groups (broad SMARTS) is 1. The second-order valence-electron chi connectivity index (χ2n) is 5.10. The first-order valence-electron chi connectivity index (χ1n) is 6.61. The number of carbonyl (C=O) groups excluding carboxylic acids is 1. The number of anilines is 1. The number of aryl methyl sites for hydroxylation is 1. The summed E-state index contributed by atoms with van der Waals surface area (Å²) in [5, 5.41) is 11.7. The van der Waals surface area contributed by atoms with E-state index in [9.17, 15) is 9.59 Å². The lowest BCUT2D eigenvalue weighted by Gasteiger charge is -2.17. The van der Waals surface area contributed by atoms with Gasteiger partial charge in [0.2, 0.25) is 0 Å². The van der Waals surface area contributed by atoms with Crippen LogP contribution in [0.15, 0.2) is 18.2 Å². The van der Waals surface area contributed by atoms with Gasteiger partial charge in [-0.1, -0.05) is 0 Å². The topological polar surface area (TPSA) is 95.7 Å². The number of carbonyl (C=O) groups is 2. The van der Waals surface area contributed by atoms with Crippen LogP contribution >= 0.6 is 0 Å². The first-order chi connectivity index (χ1) is 9.51. The van der Waals surface area contributed by atoms with Crippen molar-refractivity contribution in [3.8, 4) is 0 Å². The normalized spacial score (nSPS) is 18.1. The molecule has 108 valence electrons. The molecule has 0 saturated carbocycles. The van der Waals surface area contributed by atoms with Crippen molar-refractivity contribution in [1.29, 1.82) is 0 Å². The number of urea groups is 1. The van der Waals surface area contributed by atoms with Gasteiger partial charge in [0.15, 0.2) is 0 Å². The number of amides is 2. The van der Waals surface area contributed by atoms with Gasteiger partial charge in [-0.2, -0.15) is 0 Å². The van der Waals surface area contributed by atoms with Crippen LogP contribution < -0.4 is 11.1 Å². The fraction of sp³-hybridized carbons (Fsp3) is 0.429. The van der Waals surface area contributed by atoms with Crippen LogP contribution in [0.25, 0.3) is 0 Å². The van der Waals surface area contributed by atoms with Crippen LogP contribution in [-0.4, -0.2) is 41.6 Å². The van der Waals surface area contributed by atoms with E-state index in [2.05, 4.69) is 5.32 Å². The number of hydrogen-bond acceptors (Lipinski definition) is 3. The van der Waals surface area contributed by atoms with Gasteiger partial charge in [-0.3, -0.25) is 0 Å². The average molecular weight is 277 g/mol. The molecule has 1 unspecified atom stereocenters. The minimum Gasteiger partial charge on any atom is -0.478 e. The largest absolute Gasteiger partial charge is 0.478 e. The second kappa shape index (κ2) is 5.92. The van der Waals surface area contributed by atoms with E-state index in [-0.39, 0.29) is 11.6 Å². The van der Waals surface area contributed by atoms with Crippen LogP contribution in [0.3, 0.4) is 0 Å².